The highest BCUT2D eigenvalue weighted by Crippen LogP contribution is 2.68. The summed E-state index contributed by atoms with van der Waals surface area (Å²) in [5.41, 5.74) is 13.7. The van der Waals surface area contributed by atoms with Crippen LogP contribution in [0.2, 0.25) is 0 Å². The first kappa shape index (κ1) is 32.2. The molecule has 4 heteroatoms. The predicted molar refractivity (Wildman–Crippen MR) is 193 cm³/mol. The highest BCUT2D eigenvalue weighted by Gasteiger charge is 2.50. The lowest BCUT2D eigenvalue weighted by atomic mass is 9.92. The molecule has 0 N–H and O–H groups in total. The topological polar surface area (TPSA) is 23.6 Å². The van der Waals surface area contributed by atoms with Crippen molar-refractivity contribution < 1.29 is 4.57 Å². The van der Waals surface area contributed by atoms with Crippen LogP contribution in [0, 0.1) is 41.5 Å². The molecule has 1 aliphatic rings. The van der Waals surface area contributed by atoms with Gasteiger partial charge in [-0.05, 0) is 98.0 Å². The van der Waals surface area contributed by atoms with Crippen molar-refractivity contribution in [2.24, 2.45) is 0 Å². The monoisotopic (exact) mass is 626 g/mol. The van der Waals surface area contributed by atoms with E-state index >= 15 is 4.57 Å². The minimum absolute atomic E-state index is 0.0162. The smallest absolute Gasteiger partial charge is 0.222 e. The van der Waals surface area contributed by atoms with Gasteiger partial charge in [-0.2, -0.15) is 0 Å². The average Bonchev–Trinajstić information content (AvgIpc) is 3.03. The van der Waals surface area contributed by atoms with Crippen LogP contribution in [-0.4, -0.2) is 9.34 Å². The summed E-state index contributed by atoms with van der Waals surface area (Å²) in [6, 6.07) is 41.1. The predicted octanol–water partition coefficient (Wildman–Crippen LogP) is 11.1. The largest absolute Gasteiger partial charge is 0.288 e. The SMILES string of the molecule is Cc1cc(C)c(CN2C(c3ccccc3)CC(c3ccccc3)N(Cc3c(C)cc(C)cc3C)P2(=O)Cc2ccccc2)c(C)c1. The van der Waals surface area contributed by atoms with Gasteiger partial charge >= 0.3 is 0 Å². The fraction of sp³-hybridized carbons (Fsp3) is 0.286. The van der Waals surface area contributed by atoms with E-state index in [0.29, 0.717) is 19.3 Å². The normalized spacial score (nSPS) is 20.6. The van der Waals surface area contributed by atoms with E-state index in [9.17, 15) is 0 Å². The molecule has 0 bridgehead atoms. The summed E-state index contributed by atoms with van der Waals surface area (Å²) in [5.74, 6) is 0. The lowest BCUT2D eigenvalue weighted by molar-refractivity contribution is 0.153. The molecule has 1 saturated heterocycles. The first-order valence-electron chi connectivity index (χ1n) is 16.5. The molecule has 1 aliphatic heterocycles. The van der Waals surface area contributed by atoms with Gasteiger partial charge in [0.15, 0.2) is 0 Å². The molecular weight excluding hydrogens is 579 g/mol. The molecule has 2 atom stereocenters. The summed E-state index contributed by atoms with van der Waals surface area (Å²) in [5, 5.41) is 0. The van der Waals surface area contributed by atoms with Gasteiger partial charge in [-0.25, -0.2) is 9.34 Å². The zero-order valence-corrected chi connectivity index (χ0v) is 29.1. The summed E-state index contributed by atoms with van der Waals surface area (Å²) >= 11 is 0. The fourth-order valence-corrected chi connectivity index (χ4v) is 11.1. The third-order valence-corrected chi connectivity index (χ3v) is 13.1. The van der Waals surface area contributed by atoms with E-state index < -0.39 is 7.44 Å². The second-order valence-electron chi connectivity index (χ2n) is 13.3. The third kappa shape index (κ3) is 6.56. The Morgan fingerprint density at radius 3 is 1.26 bits per heavy atom. The Kier molecular flexibility index (Phi) is 9.48. The zero-order valence-electron chi connectivity index (χ0n) is 28.2. The summed E-state index contributed by atoms with van der Waals surface area (Å²) < 4.78 is 21.5. The maximum atomic E-state index is 16.7. The van der Waals surface area contributed by atoms with Crippen LogP contribution < -0.4 is 0 Å². The summed E-state index contributed by atoms with van der Waals surface area (Å²) in [7, 11) is -3.27. The van der Waals surface area contributed by atoms with Gasteiger partial charge in [0, 0.05) is 25.2 Å². The molecule has 2 unspecified atom stereocenters. The van der Waals surface area contributed by atoms with Gasteiger partial charge in [-0.15, -0.1) is 0 Å². The van der Waals surface area contributed by atoms with Crippen LogP contribution in [0.5, 0.6) is 0 Å². The third-order valence-electron chi connectivity index (χ3n) is 9.89. The zero-order chi connectivity index (χ0) is 32.4. The number of hydrogen-bond acceptors (Lipinski definition) is 1. The number of rotatable bonds is 8. The van der Waals surface area contributed by atoms with Gasteiger partial charge in [-0.1, -0.05) is 126 Å². The number of nitrogens with zero attached hydrogens (tertiary/aromatic N) is 2. The molecule has 236 valence electrons. The maximum absolute atomic E-state index is 16.7. The minimum atomic E-state index is -3.27. The Bertz CT molecular complexity index is 1690. The Hall–Kier alpha value is -3.75. The highest BCUT2D eigenvalue weighted by molar-refractivity contribution is 7.58. The fourth-order valence-electron chi connectivity index (χ4n) is 7.69. The van der Waals surface area contributed by atoms with Crippen LogP contribution in [0.3, 0.4) is 0 Å². The van der Waals surface area contributed by atoms with Gasteiger partial charge in [0.25, 0.3) is 0 Å². The van der Waals surface area contributed by atoms with Crippen molar-refractivity contribution in [3.63, 3.8) is 0 Å². The van der Waals surface area contributed by atoms with Crippen molar-refractivity contribution in [1.29, 1.82) is 0 Å². The van der Waals surface area contributed by atoms with Crippen molar-refractivity contribution in [1.82, 2.24) is 9.34 Å². The molecule has 0 radical (unpaired) electrons. The molecule has 0 amide bonds. The molecule has 46 heavy (non-hydrogen) atoms. The van der Waals surface area contributed by atoms with Crippen LogP contribution in [0.15, 0.2) is 115 Å². The number of benzene rings is 5. The molecule has 1 heterocycles. The first-order chi connectivity index (χ1) is 22.1. The molecule has 1 fully saturated rings. The molecule has 0 aliphatic carbocycles. The molecule has 0 saturated carbocycles. The molecule has 3 nitrogen and oxygen atoms in total. The average molecular weight is 627 g/mol. The van der Waals surface area contributed by atoms with Crippen LogP contribution in [-0.2, 0) is 23.8 Å². The molecule has 0 aromatic heterocycles. The van der Waals surface area contributed by atoms with Crippen molar-refractivity contribution in [2.45, 2.75) is 79.3 Å². The molecule has 5 aromatic rings. The van der Waals surface area contributed by atoms with Gasteiger partial charge in [0.1, 0.15) is 0 Å². The molecular formula is C42H47N2OP. The maximum Gasteiger partial charge on any atom is 0.222 e. The second kappa shape index (κ2) is 13.5. The quantitative estimate of drug-likeness (QED) is 0.160. The second-order valence-corrected chi connectivity index (χ2v) is 16.0. The first-order valence-corrected chi connectivity index (χ1v) is 18.3. The van der Waals surface area contributed by atoms with Gasteiger partial charge in [0.05, 0.1) is 6.16 Å². The van der Waals surface area contributed by atoms with Crippen molar-refractivity contribution >= 4 is 7.44 Å². The van der Waals surface area contributed by atoms with Crippen LogP contribution in [0.25, 0.3) is 0 Å². The summed E-state index contributed by atoms with van der Waals surface area (Å²) in [4.78, 5) is 0. The van der Waals surface area contributed by atoms with Gasteiger partial charge in [0.2, 0.25) is 7.44 Å². The van der Waals surface area contributed by atoms with Crippen molar-refractivity contribution in [3.05, 3.63) is 176 Å². The Balaban J connectivity index is 1.60. The van der Waals surface area contributed by atoms with Crippen LogP contribution >= 0.6 is 7.44 Å². The van der Waals surface area contributed by atoms with E-state index in [1.54, 1.807) is 0 Å². The van der Waals surface area contributed by atoms with E-state index in [0.717, 1.165) is 12.0 Å². The van der Waals surface area contributed by atoms with E-state index in [4.69, 9.17) is 0 Å². The molecule has 6 rings (SSSR count). The minimum Gasteiger partial charge on any atom is -0.288 e. The van der Waals surface area contributed by atoms with E-state index in [1.807, 2.05) is 6.07 Å². The van der Waals surface area contributed by atoms with Crippen molar-refractivity contribution in [3.8, 4) is 0 Å². The van der Waals surface area contributed by atoms with E-state index in [2.05, 4.69) is 160 Å². The molecule has 5 aromatic carbocycles. The van der Waals surface area contributed by atoms with E-state index in [-0.39, 0.29) is 12.1 Å². The highest BCUT2D eigenvalue weighted by atomic mass is 31.2. The van der Waals surface area contributed by atoms with Crippen LogP contribution in [0.4, 0.5) is 0 Å². The Morgan fingerprint density at radius 2 is 0.891 bits per heavy atom. The number of hydrogen-bond donors (Lipinski definition) is 0. The van der Waals surface area contributed by atoms with Crippen molar-refractivity contribution in [2.75, 3.05) is 0 Å². The van der Waals surface area contributed by atoms with E-state index in [1.165, 1.54) is 55.6 Å². The standard InChI is InChI=1S/C42H47N2OP/c1-30-22-32(3)39(33(4)23-30)27-43-41(37-18-12-8-13-19-37)26-42(38-20-14-9-15-21-38)44(28-40-34(5)24-31(2)25-35(40)6)46(43,45)29-36-16-10-7-11-17-36/h7-25,41-42H,26-29H2,1-6H3. The lowest BCUT2D eigenvalue weighted by Gasteiger charge is -2.52. The van der Waals surface area contributed by atoms with Gasteiger partial charge < -0.3 is 0 Å². The number of aryl methyl sites for hydroxylation is 6. The summed E-state index contributed by atoms with van der Waals surface area (Å²) in [6.07, 6.45) is 1.33. The van der Waals surface area contributed by atoms with Crippen LogP contribution in [0.1, 0.15) is 79.7 Å². The summed E-state index contributed by atoms with van der Waals surface area (Å²) in [6.45, 7) is 14.4. The molecule has 0 spiro atoms. The Labute approximate surface area is 276 Å². The lowest BCUT2D eigenvalue weighted by Crippen LogP contribution is -2.43. The Morgan fingerprint density at radius 1 is 0.543 bits per heavy atom. The van der Waals surface area contributed by atoms with Gasteiger partial charge in [-0.3, -0.25) is 4.57 Å².